The fraction of sp³-hybridized carbons (Fsp3) is 0.0333. The van der Waals surface area contributed by atoms with E-state index in [0.717, 1.165) is 0 Å². The molecule has 0 saturated heterocycles. The number of carbonyl (C=O) groups is 2. The number of fused-ring (bicyclic) bond motifs is 1. The Balaban J connectivity index is 1.64. The molecule has 0 spiro atoms. The first-order chi connectivity index (χ1) is 19.8. The van der Waals surface area contributed by atoms with Crippen molar-refractivity contribution in [3.8, 4) is 39.6 Å². The first-order valence-electron chi connectivity index (χ1n) is 12.2. The third kappa shape index (κ3) is 4.39. The van der Waals surface area contributed by atoms with E-state index in [-0.39, 0.29) is 39.2 Å². The molecule has 0 amide bonds. The number of phenolic OH excluding ortho intramolecular Hbond substituents is 1. The van der Waals surface area contributed by atoms with Crippen LogP contribution in [-0.2, 0) is 0 Å². The van der Waals surface area contributed by atoms with Crippen molar-refractivity contribution in [2.24, 2.45) is 0 Å². The molecule has 6 aromatic rings. The number of carbonyl (C=O) groups excluding carboxylic acids is 2. The van der Waals surface area contributed by atoms with Crippen molar-refractivity contribution >= 4 is 23.5 Å². The molecule has 41 heavy (non-hydrogen) atoms. The Morgan fingerprint density at radius 1 is 0.805 bits per heavy atom. The molecule has 0 bridgehead atoms. The van der Waals surface area contributed by atoms with E-state index in [1.54, 1.807) is 6.92 Å². The van der Waals surface area contributed by atoms with Gasteiger partial charge in [0, 0.05) is 29.4 Å². The minimum atomic E-state index is -0.691. The summed E-state index contributed by atoms with van der Waals surface area (Å²) < 4.78 is 35.2. The highest BCUT2D eigenvalue weighted by atomic mass is 19.1. The number of halogens is 2. The lowest BCUT2D eigenvalue weighted by molar-refractivity contribution is 0.111. The zero-order valence-corrected chi connectivity index (χ0v) is 21.2. The number of aryl methyl sites for hydroxylation is 1. The molecule has 3 heterocycles. The lowest BCUT2D eigenvalue weighted by Gasteiger charge is -2.12. The molecule has 0 aliphatic rings. The van der Waals surface area contributed by atoms with Crippen molar-refractivity contribution in [3.05, 3.63) is 112 Å². The number of rotatable bonds is 6. The van der Waals surface area contributed by atoms with Gasteiger partial charge in [-0.05, 0) is 67.1 Å². The predicted molar refractivity (Wildman–Crippen MR) is 145 cm³/mol. The number of phenols is 1. The summed E-state index contributed by atoms with van der Waals surface area (Å²) in [5.74, 6) is -1.36. The zero-order valence-electron chi connectivity index (χ0n) is 21.2. The van der Waals surface area contributed by atoms with Gasteiger partial charge in [0.25, 0.3) is 0 Å². The Bertz CT molecular complexity index is 2040. The Hall–Kier alpha value is -5.71. The molecular weight excluding hydrogens is 534 g/mol. The summed E-state index contributed by atoms with van der Waals surface area (Å²) in [5, 5.41) is 21.0. The maximum Gasteiger partial charge on any atom is 0.336 e. The predicted octanol–water partition coefficient (Wildman–Crippen LogP) is 5.42. The Kier molecular flexibility index (Phi) is 6.11. The van der Waals surface area contributed by atoms with Gasteiger partial charge in [0.15, 0.2) is 18.2 Å². The zero-order chi connectivity index (χ0) is 28.8. The van der Waals surface area contributed by atoms with Crippen LogP contribution in [0.4, 0.5) is 8.78 Å². The van der Waals surface area contributed by atoms with Crippen LogP contribution in [0.2, 0.25) is 0 Å². The van der Waals surface area contributed by atoms with E-state index < -0.39 is 23.0 Å². The van der Waals surface area contributed by atoms with Crippen LogP contribution >= 0.6 is 0 Å². The Morgan fingerprint density at radius 2 is 1.32 bits per heavy atom. The van der Waals surface area contributed by atoms with Gasteiger partial charge in [0.2, 0.25) is 0 Å². The van der Waals surface area contributed by atoms with E-state index in [1.807, 2.05) is 0 Å². The quantitative estimate of drug-likeness (QED) is 0.217. The molecule has 0 aliphatic heterocycles. The second-order valence-corrected chi connectivity index (χ2v) is 9.22. The first kappa shape index (κ1) is 25.6. The molecule has 202 valence electrons. The highest BCUT2D eigenvalue weighted by Gasteiger charge is 2.26. The van der Waals surface area contributed by atoms with Gasteiger partial charge >= 0.3 is 5.63 Å². The van der Waals surface area contributed by atoms with Crippen LogP contribution < -0.4 is 5.63 Å². The maximum atomic E-state index is 13.5. The Morgan fingerprint density at radius 3 is 1.85 bits per heavy atom. The van der Waals surface area contributed by atoms with Gasteiger partial charge in [0.05, 0.1) is 28.1 Å². The topological polar surface area (TPSA) is 120 Å². The summed E-state index contributed by atoms with van der Waals surface area (Å²) in [7, 11) is 0. The number of aromatic nitrogens is 4. The fourth-order valence-electron chi connectivity index (χ4n) is 4.64. The van der Waals surface area contributed by atoms with Crippen molar-refractivity contribution in [2.75, 3.05) is 0 Å². The summed E-state index contributed by atoms with van der Waals surface area (Å²) in [6, 6.07) is 13.6. The van der Waals surface area contributed by atoms with Crippen LogP contribution in [0.25, 0.3) is 44.9 Å². The smallest absolute Gasteiger partial charge is 0.336 e. The van der Waals surface area contributed by atoms with Crippen LogP contribution in [0.15, 0.2) is 82.3 Å². The van der Waals surface area contributed by atoms with Crippen molar-refractivity contribution in [3.63, 3.8) is 0 Å². The minimum Gasteiger partial charge on any atom is -0.506 e. The molecule has 0 radical (unpaired) electrons. The third-order valence-corrected chi connectivity index (χ3v) is 6.63. The summed E-state index contributed by atoms with van der Waals surface area (Å²) in [6.07, 6.45) is 3.90. The van der Waals surface area contributed by atoms with E-state index in [4.69, 9.17) is 4.42 Å². The number of aromatic hydroxyl groups is 1. The molecule has 0 unspecified atom stereocenters. The molecular formula is C30H18F2N4O5. The number of aldehydes is 2. The van der Waals surface area contributed by atoms with Gasteiger partial charge in [-0.15, -0.1) is 0 Å². The van der Waals surface area contributed by atoms with Crippen LogP contribution in [0.1, 0.15) is 26.3 Å². The van der Waals surface area contributed by atoms with Gasteiger partial charge in [0.1, 0.15) is 28.8 Å². The van der Waals surface area contributed by atoms with Crippen LogP contribution in [0, 0.1) is 18.6 Å². The van der Waals surface area contributed by atoms with Crippen molar-refractivity contribution in [2.45, 2.75) is 6.92 Å². The molecule has 0 atom stereocenters. The number of hydrogen-bond donors (Lipinski definition) is 1. The largest absolute Gasteiger partial charge is 0.506 e. The Labute approximate surface area is 229 Å². The van der Waals surface area contributed by atoms with Crippen LogP contribution in [-0.4, -0.2) is 37.2 Å². The van der Waals surface area contributed by atoms with Crippen molar-refractivity contribution < 1.29 is 27.9 Å². The number of nitrogens with zero attached hydrogens (tertiary/aromatic N) is 4. The van der Waals surface area contributed by atoms with E-state index >= 15 is 0 Å². The monoisotopic (exact) mass is 552 g/mol. The molecule has 9 nitrogen and oxygen atoms in total. The number of benzene rings is 3. The third-order valence-electron chi connectivity index (χ3n) is 6.63. The second kappa shape index (κ2) is 9.79. The number of hydrogen-bond acceptors (Lipinski definition) is 7. The summed E-state index contributed by atoms with van der Waals surface area (Å²) in [4.78, 5) is 36.6. The molecule has 0 fully saturated rings. The lowest BCUT2D eigenvalue weighted by atomic mass is 9.95. The van der Waals surface area contributed by atoms with Gasteiger partial charge in [-0.1, -0.05) is 0 Å². The molecule has 11 heteroatoms. The standard InChI is InChI=1S/C30H18F2N4O5/c1-16-10-25(39)41-30-23(16)11-24(27-17(14-37)12-35(33-27)21-6-2-19(31)3-7-21)29(40)26(30)28-18(15-38)13-36(34-28)22-8-4-20(32)5-9-22/h2-15,40H,1H3. The SMILES string of the molecule is Cc1cc(=O)oc2c(-c3nn(-c4ccc(F)cc4)cc3C=O)c(O)c(-c3nn(-c4ccc(F)cc4)cc3C=O)cc12. The molecule has 0 aliphatic carbocycles. The highest BCUT2D eigenvalue weighted by molar-refractivity contribution is 6.05. The van der Waals surface area contributed by atoms with E-state index in [9.17, 15) is 28.3 Å². The average molecular weight is 552 g/mol. The van der Waals surface area contributed by atoms with Gasteiger partial charge in [-0.2, -0.15) is 10.2 Å². The van der Waals surface area contributed by atoms with E-state index in [2.05, 4.69) is 10.2 Å². The molecule has 3 aromatic heterocycles. The lowest BCUT2D eigenvalue weighted by Crippen LogP contribution is -2.01. The molecule has 1 N–H and O–H groups in total. The fourth-order valence-corrected chi connectivity index (χ4v) is 4.64. The van der Waals surface area contributed by atoms with Gasteiger partial charge in [-0.3, -0.25) is 9.59 Å². The summed E-state index contributed by atoms with van der Waals surface area (Å²) in [5.41, 5.74) is 0.901. The molecule has 3 aromatic carbocycles. The van der Waals surface area contributed by atoms with Crippen LogP contribution in [0.5, 0.6) is 5.75 Å². The molecule has 6 rings (SSSR count). The maximum absolute atomic E-state index is 13.5. The minimum absolute atomic E-state index is 0.0203. The van der Waals surface area contributed by atoms with E-state index in [0.29, 0.717) is 34.9 Å². The van der Waals surface area contributed by atoms with Gasteiger partial charge < -0.3 is 9.52 Å². The summed E-state index contributed by atoms with van der Waals surface area (Å²) >= 11 is 0. The normalized spacial score (nSPS) is 11.2. The summed E-state index contributed by atoms with van der Waals surface area (Å²) in [6.45, 7) is 1.67. The average Bonchev–Trinajstić information content (AvgIpc) is 3.58. The van der Waals surface area contributed by atoms with Crippen LogP contribution in [0.3, 0.4) is 0 Å². The van der Waals surface area contributed by atoms with Gasteiger partial charge in [-0.25, -0.2) is 22.9 Å². The van der Waals surface area contributed by atoms with Crippen molar-refractivity contribution in [1.82, 2.24) is 19.6 Å². The molecule has 0 saturated carbocycles. The van der Waals surface area contributed by atoms with Crippen molar-refractivity contribution in [1.29, 1.82) is 0 Å². The first-order valence-corrected chi connectivity index (χ1v) is 12.2. The second-order valence-electron chi connectivity index (χ2n) is 9.22. The highest BCUT2D eigenvalue weighted by Crippen LogP contribution is 2.44. The van der Waals surface area contributed by atoms with E-state index in [1.165, 1.54) is 82.4 Å².